The number of nitrogens with zero attached hydrogens (tertiary/aromatic N) is 3. The van der Waals surface area contributed by atoms with Crippen LogP contribution in [0.2, 0.25) is 0 Å². The minimum atomic E-state index is -0.199. The van der Waals surface area contributed by atoms with Crippen LogP contribution in [0.15, 0.2) is 47.9 Å². The first-order chi connectivity index (χ1) is 12.2. The fourth-order valence-corrected chi connectivity index (χ4v) is 3.36. The van der Waals surface area contributed by atoms with Gasteiger partial charge in [-0.2, -0.15) is 0 Å². The van der Waals surface area contributed by atoms with E-state index in [9.17, 15) is 9.59 Å². The van der Waals surface area contributed by atoms with Crippen molar-refractivity contribution in [1.29, 1.82) is 0 Å². The topological polar surface area (TPSA) is 87.2 Å². The maximum atomic E-state index is 12.4. The lowest BCUT2D eigenvalue weighted by atomic mass is 10.3. The van der Waals surface area contributed by atoms with Crippen molar-refractivity contribution in [2.24, 2.45) is 0 Å². The second-order valence-corrected chi connectivity index (χ2v) is 6.53. The summed E-state index contributed by atoms with van der Waals surface area (Å²) in [5.41, 5.74) is 1.76. The lowest BCUT2D eigenvalue weighted by Gasteiger charge is -2.28. The summed E-state index contributed by atoms with van der Waals surface area (Å²) in [6, 6.07) is 7.22. The fraction of sp³-hybridized carbons (Fsp3) is 0.294. The fourth-order valence-electron chi connectivity index (χ4n) is 2.43. The number of anilines is 1. The molecule has 3 rings (SSSR count). The molecule has 0 saturated carbocycles. The zero-order valence-corrected chi connectivity index (χ0v) is 14.5. The molecule has 3 amide bonds. The van der Waals surface area contributed by atoms with Gasteiger partial charge < -0.3 is 10.6 Å². The molecule has 0 fully saturated rings. The Morgan fingerprint density at radius 3 is 2.92 bits per heavy atom. The predicted octanol–water partition coefficient (Wildman–Crippen LogP) is 1.80. The van der Waals surface area contributed by atoms with Crippen LogP contribution in [0.1, 0.15) is 12.0 Å². The van der Waals surface area contributed by atoms with Crippen LogP contribution in [0.25, 0.3) is 0 Å². The number of thioether (sulfide) groups is 1. The SMILES string of the molecule is O=C(CCNC(=O)N1CCSc2ncccc21)NCc1cccnc1. The molecule has 130 valence electrons. The molecule has 0 aliphatic carbocycles. The molecule has 2 aromatic heterocycles. The predicted molar refractivity (Wildman–Crippen MR) is 96.4 cm³/mol. The molecule has 7 nitrogen and oxygen atoms in total. The van der Waals surface area contributed by atoms with Gasteiger partial charge in [0.05, 0.1) is 5.69 Å². The van der Waals surface area contributed by atoms with Crippen molar-refractivity contribution in [2.75, 3.05) is 23.7 Å². The van der Waals surface area contributed by atoms with E-state index in [1.54, 1.807) is 35.3 Å². The van der Waals surface area contributed by atoms with Crippen LogP contribution in [-0.2, 0) is 11.3 Å². The standard InChI is InChI=1S/C17H19N5O2S/c23-15(21-12-13-3-1-6-18-11-13)5-8-20-17(24)22-9-10-25-16-14(22)4-2-7-19-16/h1-4,6-7,11H,5,8-10,12H2,(H,20,24)(H,21,23). The molecular formula is C17H19N5O2S. The lowest BCUT2D eigenvalue weighted by Crippen LogP contribution is -2.44. The summed E-state index contributed by atoms with van der Waals surface area (Å²) in [4.78, 5) is 34.2. The van der Waals surface area contributed by atoms with E-state index in [4.69, 9.17) is 0 Å². The largest absolute Gasteiger partial charge is 0.352 e. The molecule has 0 aromatic carbocycles. The van der Waals surface area contributed by atoms with Gasteiger partial charge >= 0.3 is 6.03 Å². The quantitative estimate of drug-likeness (QED) is 0.852. The Kier molecular flexibility index (Phi) is 5.84. The van der Waals surface area contributed by atoms with Gasteiger partial charge in [-0.15, -0.1) is 11.8 Å². The molecule has 25 heavy (non-hydrogen) atoms. The van der Waals surface area contributed by atoms with Gasteiger partial charge in [0.15, 0.2) is 0 Å². The van der Waals surface area contributed by atoms with Crippen molar-refractivity contribution in [1.82, 2.24) is 20.6 Å². The molecule has 8 heteroatoms. The average molecular weight is 357 g/mol. The summed E-state index contributed by atoms with van der Waals surface area (Å²) in [5.74, 6) is 0.698. The third-order valence-electron chi connectivity index (χ3n) is 3.68. The van der Waals surface area contributed by atoms with Gasteiger partial charge in [0.1, 0.15) is 5.03 Å². The number of fused-ring (bicyclic) bond motifs is 1. The lowest BCUT2D eigenvalue weighted by molar-refractivity contribution is -0.121. The molecule has 0 bridgehead atoms. The molecular weight excluding hydrogens is 338 g/mol. The second kappa shape index (κ2) is 8.48. The van der Waals surface area contributed by atoms with Gasteiger partial charge in [0.2, 0.25) is 5.91 Å². The number of rotatable bonds is 5. The van der Waals surface area contributed by atoms with E-state index < -0.39 is 0 Å². The summed E-state index contributed by atoms with van der Waals surface area (Å²) < 4.78 is 0. The number of aromatic nitrogens is 2. The van der Waals surface area contributed by atoms with Gasteiger partial charge in [-0.1, -0.05) is 6.07 Å². The maximum Gasteiger partial charge on any atom is 0.322 e. The van der Waals surface area contributed by atoms with Crippen LogP contribution in [-0.4, -0.2) is 40.7 Å². The van der Waals surface area contributed by atoms with Crippen molar-refractivity contribution in [3.63, 3.8) is 0 Å². The highest BCUT2D eigenvalue weighted by molar-refractivity contribution is 7.99. The zero-order valence-electron chi connectivity index (χ0n) is 13.6. The van der Waals surface area contributed by atoms with E-state index in [1.807, 2.05) is 24.3 Å². The molecule has 0 unspecified atom stereocenters. The summed E-state index contributed by atoms with van der Waals surface area (Å²) in [6.07, 6.45) is 5.35. The maximum absolute atomic E-state index is 12.4. The second-order valence-electron chi connectivity index (χ2n) is 5.45. The monoisotopic (exact) mass is 357 g/mol. The molecule has 3 heterocycles. The molecule has 2 N–H and O–H groups in total. The van der Waals surface area contributed by atoms with Crippen molar-refractivity contribution in [3.05, 3.63) is 48.4 Å². The van der Waals surface area contributed by atoms with Crippen LogP contribution in [0.3, 0.4) is 0 Å². The Morgan fingerprint density at radius 1 is 1.20 bits per heavy atom. The van der Waals surface area contributed by atoms with E-state index in [0.717, 1.165) is 22.0 Å². The van der Waals surface area contributed by atoms with E-state index in [-0.39, 0.29) is 24.9 Å². The number of pyridine rings is 2. The summed E-state index contributed by atoms with van der Waals surface area (Å²) in [5, 5.41) is 6.47. The first-order valence-corrected chi connectivity index (χ1v) is 9.01. The Balaban J connectivity index is 1.43. The first-order valence-electron chi connectivity index (χ1n) is 8.03. The van der Waals surface area contributed by atoms with Crippen molar-refractivity contribution < 1.29 is 9.59 Å². The molecule has 0 radical (unpaired) electrons. The van der Waals surface area contributed by atoms with E-state index >= 15 is 0 Å². The van der Waals surface area contributed by atoms with Crippen LogP contribution >= 0.6 is 11.8 Å². The molecule has 2 aromatic rings. The molecule has 0 saturated heterocycles. The highest BCUT2D eigenvalue weighted by atomic mass is 32.2. The minimum Gasteiger partial charge on any atom is -0.352 e. The van der Waals surface area contributed by atoms with Gasteiger partial charge in [-0.05, 0) is 23.8 Å². The molecule has 1 aliphatic rings. The number of carbonyl (C=O) groups is 2. The third-order valence-corrected chi connectivity index (χ3v) is 4.66. The van der Waals surface area contributed by atoms with Crippen molar-refractivity contribution >= 4 is 29.4 Å². The van der Waals surface area contributed by atoms with Crippen molar-refractivity contribution in [2.45, 2.75) is 18.0 Å². The molecule has 1 aliphatic heterocycles. The van der Waals surface area contributed by atoms with Crippen LogP contribution < -0.4 is 15.5 Å². The number of urea groups is 1. The Hall–Kier alpha value is -2.61. The van der Waals surface area contributed by atoms with E-state index in [0.29, 0.717) is 13.1 Å². The van der Waals surface area contributed by atoms with Gasteiger partial charge in [0, 0.05) is 50.4 Å². The van der Waals surface area contributed by atoms with Gasteiger partial charge in [-0.3, -0.25) is 14.7 Å². The Labute approximate surface area is 150 Å². The molecule has 0 atom stereocenters. The molecule has 0 spiro atoms. The zero-order chi connectivity index (χ0) is 17.5. The van der Waals surface area contributed by atoms with E-state index in [1.165, 1.54) is 0 Å². The number of hydrogen-bond acceptors (Lipinski definition) is 5. The van der Waals surface area contributed by atoms with E-state index in [2.05, 4.69) is 20.6 Å². The van der Waals surface area contributed by atoms with Gasteiger partial charge in [0.25, 0.3) is 0 Å². The summed E-state index contributed by atoms with van der Waals surface area (Å²) >= 11 is 1.64. The highest BCUT2D eigenvalue weighted by Gasteiger charge is 2.23. The highest BCUT2D eigenvalue weighted by Crippen LogP contribution is 2.32. The Bertz CT molecular complexity index is 741. The van der Waals surface area contributed by atoms with Gasteiger partial charge in [-0.25, -0.2) is 9.78 Å². The van der Waals surface area contributed by atoms with Crippen LogP contribution in [0.5, 0.6) is 0 Å². The van der Waals surface area contributed by atoms with Crippen LogP contribution in [0.4, 0.5) is 10.5 Å². The van der Waals surface area contributed by atoms with Crippen molar-refractivity contribution in [3.8, 4) is 0 Å². The number of hydrogen-bond donors (Lipinski definition) is 2. The third kappa shape index (κ3) is 4.69. The first kappa shape index (κ1) is 17.2. The Morgan fingerprint density at radius 2 is 2.08 bits per heavy atom. The number of nitrogens with one attached hydrogen (secondary N) is 2. The average Bonchev–Trinajstić information content (AvgIpc) is 2.66. The minimum absolute atomic E-state index is 0.111. The number of carbonyl (C=O) groups excluding carboxylic acids is 2. The number of amides is 3. The summed E-state index contributed by atoms with van der Waals surface area (Å²) in [6.45, 7) is 1.35. The summed E-state index contributed by atoms with van der Waals surface area (Å²) in [7, 11) is 0. The smallest absolute Gasteiger partial charge is 0.322 e. The van der Waals surface area contributed by atoms with Crippen LogP contribution in [0, 0.1) is 0 Å². The normalized spacial score (nSPS) is 13.0.